The quantitative estimate of drug-likeness (QED) is 0.301. The summed E-state index contributed by atoms with van der Waals surface area (Å²) in [5.74, 6) is -0.205. The van der Waals surface area contributed by atoms with Crippen LogP contribution in [0.15, 0.2) is 24.4 Å². The zero-order chi connectivity index (χ0) is 9.68. The van der Waals surface area contributed by atoms with Gasteiger partial charge in [-0.05, 0) is 28.1 Å². The highest BCUT2D eigenvalue weighted by atomic mass is 16.6. The molecule has 0 spiro atoms. The van der Waals surface area contributed by atoms with Gasteiger partial charge in [-0.1, -0.05) is 0 Å². The fraction of sp³-hybridized carbons (Fsp3) is 0. The Hall–Kier alpha value is -2.04. The minimum atomic E-state index is -0.576. The summed E-state index contributed by atoms with van der Waals surface area (Å²) in [6.07, 6.45) is 4.77. The molecule has 0 atom stereocenters. The summed E-state index contributed by atoms with van der Waals surface area (Å²) in [5, 5.41) is 10.2. The van der Waals surface area contributed by atoms with Crippen molar-refractivity contribution in [1.82, 2.24) is 4.98 Å². The van der Waals surface area contributed by atoms with Crippen LogP contribution in [0.1, 0.15) is 5.56 Å². The maximum absolute atomic E-state index is 10.2. The summed E-state index contributed by atoms with van der Waals surface area (Å²) >= 11 is 0. The van der Waals surface area contributed by atoms with Crippen LogP contribution in [-0.2, 0) is 4.79 Å². The third kappa shape index (κ3) is 2.48. The number of pyridine rings is 1. The number of nitrogens with zero attached hydrogens (tertiary/aromatic N) is 2. The Morgan fingerprint density at radius 1 is 1.46 bits per heavy atom. The Bertz CT molecular complexity index is 343. The fourth-order valence-electron chi connectivity index (χ4n) is 0.754. The molecule has 0 saturated carbocycles. The summed E-state index contributed by atoms with van der Waals surface area (Å²) in [4.78, 5) is 23.1. The number of aromatic nitrogens is 1. The van der Waals surface area contributed by atoms with E-state index in [1.54, 1.807) is 0 Å². The number of hydrogen-bond donors (Lipinski definition) is 0. The number of aldehydes is 1. The molecule has 1 heterocycles. The lowest BCUT2D eigenvalue weighted by Crippen LogP contribution is -1.90. The SMILES string of the molecule is O=CC=Cc1ccc([N+](=O)[O-])nc1. The van der Waals surface area contributed by atoms with Gasteiger partial charge in [0.15, 0.2) is 0 Å². The number of hydrogen-bond acceptors (Lipinski definition) is 4. The van der Waals surface area contributed by atoms with Crippen LogP contribution in [0.4, 0.5) is 5.82 Å². The van der Waals surface area contributed by atoms with Crippen molar-refractivity contribution in [2.75, 3.05) is 0 Å². The van der Waals surface area contributed by atoms with Crippen molar-refractivity contribution in [3.05, 3.63) is 40.1 Å². The van der Waals surface area contributed by atoms with E-state index < -0.39 is 4.92 Å². The van der Waals surface area contributed by atoms with Crippen molar-refractivity contribution in [3.63, 3.8) is 0 Å². The number of nitro groups is 1. The summed E-state index contributed by atoms with van der Waals surface area (Å²) in [5.41, 5.74) is 0.651. The van der Waals surface area contributed by atoms with E-state index in [0.717, 1.165) is 0 Å². The predicted octanol–water partition coefficient (Wildman–Crippen LogP) is 1.20. The molecule has 0 radical (unpaired) electrons. The van der Waals surface area contributed by atoms with E-state index in [2.05, 4.69) is 4.98 Å². The summed E-state index contributed by atoms with van der Waals surface area (Å²) < 4.78 is 0. The van der Waals surface area contributed by atoms with Crippen LogP contribution in [0.3, 0.4) is 0 Å². The molecule has 1 rings (SSSR count). The molecule has 5 nitrogen and oxygen atoms in total. The first-order valence-electron chi connectivity index (χ1n) is 3.46. The van der Waals surface area contributed by atoms with Crippen molar-refractivity contribution in [2.24, 2.45) is 0 Å². The fourth-order valence-corrected chi connectivity index (χ4v) is 0.754. The minimum Gasteiger partial charge on any atom is -0.358 e. The molecule has 66 valence electrons. The third-order valence-electron chi connectivity index (χ3n) is 1.33. The third-order valence-corrected chi connectivity index (χ3v) is 1.33. The van der Waals surface area contributed by atoms with Crippen LogP contribution in [0.5, 0.6) is 0 Å². The average Bonchev–Trinajstić information content (AvgIpc) is 2.15. The van der Waals surface area contributed by atoms with Crippen LogP contribution in [0.25, 0.3) is 6.08 Å². The van der Waals surface area contributed by atoms with Gasteiger partial charge >= 0.3 is 5.82 Å². The molecular formula is C8H6N2O3. The molecule has 1 aromatic rings. The van der Waals surface area contributed by atoms with E-state index >= 15 is 0 Å². The first-order chi connectivity index (χ1) is 6.24. The lowest BCUT2D eigenvalue weighted by molar-refractivity contribution is -0.389. The van der Waals surface area contributed by atoms with Gasteiger partial charge in [-0.25, -0.2) is 0 Å². The lowest BCUT2D eigenvalue weighted by atomic mass is 10.2. The molecule has 0 bridgehead atoms. The molecule has 0 aliphatic carbocycles. The lowest BCUT2D eigenvalue weighted by Gasteiger charge is -1.90. The molecule has 0 saturated heterocycles. The standard InChI is InChI=1S/C8H6N2O3/c11-5-1-2-7-3-4-8(9-6-7)10(12)13/h1-6H. The second kappa shape index (κ2) is 4.10. The van der Waals surface area contributed by atoms with E-state index in [0.29, 0.717) is 11.8 Å². The van der Waals surface area contributed by atoms with Gasteiger partial charge in [-0.15, -0.1) is 0 Å². The van der Waals surface area contributed by atoms with Crippen molar-refractivity contribution >= 4 is 18.2 Å². The minimum absolute atomic E-state index is 0.205. The van der Waals surface area contributed by atoms with Crippen LogP contribution in [-0.4, -0.2) is 16.2 Å². The maximum Gasteiger partial charge on any atom is 0.363 e. The first kappa shape index (κ1) is 9.05. The number of rotatable bonds is 3. The number of carbonyl (C=O) groups is 1. The highest BCUT2D eigenvalue weighted by Crippen LogP contribution is 2.07. The molecule has 13 heavy (non-hydrogen) atoms. The van der Waals surface area contributed by atoms with Crippen molar-refractivity contribution in [3.8, 4) is 0 Å². The molecule has 5 heteroatoms. The topological polar surface area (TPSA) is 73.1 Å². The van der Waals surface area contributed by atoms with E-state index in [1.807, 2.05) is 0 Å². The molecule has 0 aliphatic heterocycles. The zero-order valence-electron chi connectivity index (χ0n) is 6.58. The van der Waals surface area contributed by atoms with E-state index in [9.17, 15) is 14.9 Å². The second-order valence-electron chi connectivity index (χ2n) is 2.20. The van der Waals surface area contributed by atoms with Crippen LogP contribution < -0.4 is 0 Å². The summed E-state index contributed by atoms with van der Waals surface area (Å²) in [6.45, 7) is 0. The Labute approximate surface area is 73.9 Å². The van der Waals surface area contributed by atoms with Gasteiger partial charge in [0.1, 0.15) is 12.5 Å². The van der Waals surface area contributed by atoms with Gasteiger partial charge in [-0.2, -0.15) is 0 Å². The van der Waals surface area contributed by atoms with E-state index in [1.165, 1.54) is 30.5 Å². The van der Waals surface area contributed by atoms with Crippen LogP contribution in [0, 0.1) is 10.1 Å². The van der Waals surface area contributed by atoms with Gasteiger partial charge in [0.2, 0.25) is 0 Å². The number of allylic oxidation sites excluding steroid dienone is 1. The van der Waals surface area contributed by atoms with Gasteiger partial charge in [-0.3, -0.25) is 4.79 Å². The largest absolute Gasteiger partial charge is 0.363 e. The molecule has 0 aliphatic rings. The molecule has 1 aromatic heterocycles. The van der Waals surface area contributed by atoms with E-state index in [4.69, 9.17) is 0 Å². The molecule has 0 fully saturated rings. The van der Waals surface area contributed by atoms with Crippen molar-refractivity contribution < 1.29 is 9.72 Å². The Kier molecular flexibility index (Phi) is 2.86. The molecule has 0 amide bonds. The monoisotopic (exact) mass is 178 g/mol. The van der Waals surface area contributed by atoms with Crippen LogP contribution >= 0.6 is 0 Å². The van der Waals surface area contributed by atoms with Gasteiger partial charge < -0.3 is 10.1 Å². The van der Waals surface area contributed by atoms with Crippen molar-refractivity contribution in [1.29, 1.82) is 0 Å². The highest BCUT2D eigenvalue weighted by Gasteiger charge is 2.03. The van der Waals surface area contributed by atoms with E-state index in [-0.39, 0.29) is 5.82 Å². The zero-order valence-corrected chi connectivity index (χ0v) is 6.58. The average molecular weight is 178 g/mol. The Balaban J connectivity index is 2.87. The normalized spacial score (nSPS) is 10.2. The Morgan fingerprint density at radius 2 is 2.23 bits per heavy atom. The molecule has 0 aromatic carbocycles. The number of carbonyl (C=O) groups excluding carboxylic acids is 1. The molecule has 0 N–H and O–H groups in total. The molecular weight excluding hydrogens is 172 g/mol. The van der Waals surface area contributed by atoms with Crippen molar-refractivity contribution in [2.45, 2.75) is 0 Å². The van der Waals surface area contributed by atoms with Crippen LogP contribution in [0.2, 0.25) is 0 Å². The maximum atomic E-state index is 10.2. The highest BCUT2D eigenvalue weighted by molar-refractivity contribution is 5.73. The smallest absolute Gasteiger partial charge is 0.358 e. The summed E-state index contributed by atoms with van der Waals surface area (Å²) in [6, 6.07) is 2.80. The summed E-state index contributed by atoms with van der Waals surface area (Å²) in [7, 11) is 0. The van der Waals surface area contributed by atoms with Gasteiger partial charge in [0.05, 0.1) is 0 Å². The Morgan fingerprint density at radius 3 is 2.69 bits per heavy atom. The molecule has 0 unspecified atom stereocenters. The first-order valence-corrected chi connectivity index (χ1v) is 3.46. The second-order valence-corrected chi connectivity index (χ2v) is 2.20. The van der Waals surface area contributed by atoms with Gasteiger partial charge in [0, 0.05) is 11.6 Å². The van der Waals surface area contributed by atoms with Gasteiger partial charge in [0.25, 0.3) is 0 Å². The predicted molar refractivity (Wildman–Crippen MR) is 46.0 cm³/mol.